The van der Waals surface area contributed by atoms with Gasteiger partial charge in [-0.25, -0.2) is 0 Å². The average molecular weight is 301 g/mol. The summed E-state index contributed by atoms with van der Waals surface area (Å²) in [6, 6.07) is 10.2. The highest BCUT2D eigenvalue weighted by molar-refractivity contribution is 5.62. The third kappa shape index (κ3) is 4.18. The van der Waals surface area contributed by atoms with Crippen LogP contribution in [0.1, 0.15) is 32.3 Å². The van der Waals surface area contributed by atoms with Gasteiger partial charge in [-0.2, -0.15) is 5.10 Å². The molecule has 4 heteroatoms. The van der Waals surface area contributed by atoms with E-state index in [9.17, 15) is 5.11 Å². The molecule has 0 aliphatic heterocycles. The van der Waals surface area contributed by atoms with Crippen molar-refractivity contribution in [2.75, 3.05) is 6.54 Å². The van der Waals surface area contributed by atoms with Gasteiger partial charge in [0.1, 0.15) is 0 Å². The predicted octanol–water partition coefficient (Wildman–Crippen LogP) is 2.97. The number of nitrogens with one attached hydrogen (secondary N) is 1. The zero-order valence-corrected chi connectivity index (χ0v) is 13.8. The maximum absolute atomic E-state index is 10.2. The van der Waals surface area contributed by atoms with Crippen LogP contribution in [0, 0.1) is 5.92 Å². The van der Waals surface area contributed by atoms with Crippen LogP contribution in [0.2, 0.25) is 0 Å². The smallest absolute Gasteiger partial charge is 0.0967 e. The van der Waals surface area contributed by atoms with Gasteiger partial charge in [0.25, 0.3) is 0 Å². The Kier molecular flexibility index (Phi) is 6.16. The number of hydrogen-bond acceptors (Lipinski definition) is 3. The van der Waals surface area contributed by atoms with Crippen molar-refractivity contribution in [3.8, 4) is 11.3 Å². The van der Waals surface area contributed by atoms with Crippen molar-refractivity contribution < 1.29 is 5.11 Å². The molecule has 0 spiro atoms. The third-order valence-corrected chi connectivity index (χ3v) is 4.21. The molecule has 1 atom stereocenters. The molecule has 2 N–H and O–H groups in total. The molecule has 0 bridgehead atoms. The first-order chi connectivity index (χ1) is 10.7. The predicted molar refractivity (Wildman–Crippen MR) is 90.4 cm³/mol. The average Bonchev–Trinajstić information content (AvgIpc) is 2.90. The second kappa shape index (κ2) is 8.11. The van der Waals surface area contributed by atoms with Crippen molar-refractivity contribution in [1.82, 2.24) is 15.1 Å². The first-order valence-electron chi connectivity index (χ1n) is 8.12. The summed E-state index contributed by atoms with van der Waals surface area (Å²) in [5, 5.41) is 18.1. The summed E-state index contributed by atoms with van der Waals surface area (Å²) >= 11 is 0. The van der Waals surface area contributed by atoms with Gasteiger partial charge in [-0.3, -0.25) is 4.68 Å². The molecule has 0 radical (unpaired) electrons. The minimum Gasteiger partial charge on any atom is -0.392 e. The van der Waals surface area contributed by atoms with Gasteiger partial charge in [0.2, 0.25) is 0 Å². The first-order valence-corrected chi connectivity index (χ1v) is 8.12. The minimum absolute atomic E-state index is 0.285. The molecule has 0 fully saturated rings. The third-order valence-electron chi connectivity index (χ3n) is 4.21. The lowest BCUT2D eigenvalue weighted by molar-refractivity contribution is 0.101. The SMILES string of the molecule is CCC(CC)C(O)CNCc1cn(C)nc1-c1ccccc1. The van der Waals surface area contributed by atoms with Crippen LogP contribution >= 0.6 is 0 Å². The first kappa shape index (κ1) is 16.7. The molecule has 4 nitrogen and oxygen atoms in total. The fourth-order valence-electron chi connectivity index (χ4n) is 2.86. The Labute approximate surface area is 133 Å². The number of aromatic nitrogens is 2. The van der Waals surface area contributed by atoms with E-state index >= 15 is 0 Å². The summed E-state index contributed by atoms with van der Waals surface area (Å²) < 4.78 is 1.84. The summed E-state index contributed by atoms with van der Waals surface area (Å²) in [6.07, 6.45) is 3.79. The Morgan fingerprint density at radius 2 is 1.86 bits per heavy atom. The molecular weight excluding hydrogens is 274 g/mol. The van der Waals surface area contributed by atoms with Crippen molar-refractivity contribution in [2.24, 2.45) is 13.0 Å². The summed E-state index contributed by atoms with van der Waals surface area (Å²) in [7, 11) is 1.94. The number of aryl methyl sites for hydroxylation is 1. The molecule has 1 heterocycles. The van der Waals surface area contributed by atoms with E-state index in [4.69, 9.17) is 0 Å². The van der Waals surface area contributed by atoms with E-state index in [-0.39, 0.29) is 6.10 Å². The van der Waals surface area contributed by atoms with Gasteiger partial charge in [0, 0.05) is 37.5 Å². The molecule has 1 aromatic heterocycles. The van der Waals surface area contributed by atoms with E-state index in [0.29, 0.717) is 12.5 Å². The molecule has 2 rings (SSSR count). The molecular formula is C18H27N3O. The largest absolute Gasteiger partial charge is 0.392 e. The van der Waals surface area contributed by atoms with E-state index in [1.54, 1.807) is 0 Å². The van der Waals surface area contributed by atoms with Crippen LogP contribution in [0.5, 0.6) is 0 Å². The standard InChI is InChI=1S/C18H27N3O/c1-4-14(5-2)17(22)12-19-11-16-13-21(3)20-18(16)15-9-7-6-8-10-15/h6-10,13-14,17,19,22H,4-5,11-12H2,1-3H3. The fraction of sp³-hybridized carbons (Fsp3) is 0.500. The Balaban J connectivity index is 1.99. The van der Waals surface area contributed by atoms with Crippen LogP contribution in [0.4, 0.5) is 0 Å². The Morgan fingerprint density at radius 3 is 2.50 bits per heavy atom. The molecule has 1 unspecified atom stereocenters. The second-order valence-corrected chi connectivity index (χ2v) is 5.82. The van der Waals surface area contributed by atoms with E-state index in [1.807, 2.05) is 36.1 Å². The summed E-state index contributed by atoms with van der Waals surface area (Å²) in [5.74, 6) is 0.370. The monoisotopic (exact) mass is 301 g/mol. The van der Waals surface area contributed by atoms with Crippen LogP contribution in [0.25, 0.3) is 11.3 Å². The van der Waals surface area contributed by atoms with Crippen LogP contribution in [-0.4, -0.2) is 27.5 Å². The molecule has 1 aromatic carbocycles. The normalized spacial score (nSPS) is 12.8. The molecule has 0 aliphatic carbocycles. The maximum Gasteiger partial charge on any atom is 0.0967 e. The highest BCUT2D eigenvalue weighted by Crippen LogP contribution is 2.21. The zero-order chi connectivity index (χ0) is 15.9. The van der Waals surface area contributed by atoms with Crippen molar-refractivity contribution >= 4 is 0 Å². The van der Waals surface area contributed by atoms with Crippen LogP contribution in [0.3, 0.4) is 0 Å². The quantitative estimate of drug-likeness (QED) is 0.788. The molecule has 0 saturated carbocycles. The van der Waals surface area contributed by atoms with Gasteiger partial charge in [-0.1, -0.05) is 57.0 Å². The number of aliphatic hydroxyl groups excluding tert-OH is 1. The molecule has 0 aliphatic rings. The van der Waals surface area contributed by atoms with Gasteiger partial charge in [-0.15, -0.1) is 0 Å². The molecule has 0 amide bonds. The summed E-state index contributed by atoms with van der Waals surface area (Å²) in [6.45, 7) is 5.60. The molecule has 120 valence electrons. The number of benzene rings is 1. The van der Waals surface area contributed by atoms with Crippen molar-refractivity contribution in [1.29, 1.82) is 0 Å². The fourth-order valence-corrected chi connectivity index (χ4v) is 2.86. The summed E-state index contributed by atoms with van der Waals surface area (Å²) in [4.78, 5) is 0. The van der Waals surface area contributed by atoms with E-state index in [2.05, 4.69) is 36.4 Å². The van der Waals surface area contributed by atoms with Gasteiger partial charge in [0.15, 0.2) is 0 Å². The Morgan fingerprint density at radius 1 is 1.18 bits per heavy atom. The van der Waals surface area contributed by atoms with Crippen molar-refractivity contribution in [3.63, 3.8) is 0 Å². The molecule has 0 saturated heterocycles. The number of hydrogen-bond donors (Lipinski definition) is 2. The van der Waals surface area contributed by atoms with Crippen LogP contribution in [-0.2, 0) is 13.6 Å². The van der Waals surface area contributed by atoms with Crippen molar-refractivity contribution in [3.05, 3.63) is 42.1 Å². The lowest BCUT2D eigenvalue weighted by atomic mass is 9.96. The number of rotatable bonds is 8. The van der Waals surface area contributed by atoms with Crippen LogP contribution in [0.15, 0.2) is 36.5 Å². The van der Waals surface area contributed by atoms with Gasteiger partial charge >= 0.3 is 0 Å². The minimum atomic E-state index is -0.285. The second-order valence-electron chi connectivity index (χ2n) is 5.82. The molecule has 2 aromatic rings. The van der Waals surface area contributed by atoms with Crippen molar-refractivity contribution in [2.45, 2.75) is 39.3 Å². The lowest BCUT2D eigenvalue weighted by Crippen LogP contribution is -2.32. The van der Waals surface area contributed by atoms with Gasteiger partial charge in [0.05, 0.1) is 11.8 Å². The zero-order valence-electron chi connectivity index (χ0n) is 13.8. The van der Waals surface area contributed by atoms with E-state index < -0.39 is 0 Å². The Hall–Kier alpha value is -1.65. The van der Waals surface area contributed by atoms with Crippen LogP contribution < -0.4 is 5.32 Å². The summed E-state index contributed by atoms with van der Waals surface area (Å²) in [5.41, 5.74) is 3.29. The highest BCUT2D eigenvalue weighted by atomic mass is 16.3. The maximum atomic E-state index is 10.2. The lowest BCUT2D eigenvalue weighted by Gasteiger charge is -2.20. The number of aliphatic hydroxyl groups is 1. The van der Waals surface area contributed by atoms with Gasteiger partial charge in [-0.05, 0) is 5.92 Å². The highest BCUT2D eigenvalue weighted by Gasteiger charge is 2.15. The number of nitrogens with zero attached hydrogens (tertiary/aromatic N) is 2. The topological polar surface area (TPSA) is 50.1 Å². The molecule has 22 heavy (non-hydrogen) atoms. The van der Waals surface area contributed by atoms with E-state index in [1.165, 1.54) is 0 Å². The van der Waals surface area contributed by atoms with E-state index in [0.717, 1.165) is 36.2 Å². The Bertz CT molecular complexity index is 561. The van der Waals surface area contributed by atoms with Gasteiger partial charge < -0.3 is 10.4 Å².